The predicted octanol–water partition coefficient (Wildman–Crippen LogP) is 15.0. The molecule has 3 aromatic heterocycles. The molecule has 0 N–H and O–H groups in total. The smallest absolute Gasteiger partial charge is 0.181 e. The van der Waals surface area contributed by atoms with E-state index in [1.54, 1.807) is 0 Å². The fourth-order valence-corrected chi connectivity index (χ4v) is 18.2. The van der Waals surface area contributed by atoms with Crippen LogP contribution in [0.4, 0.5) is 0 Å². The molecule has 11 aromatic carbocycles. The van der Waals surface area contributed by atoms with E-state index in [9.17, 15) is 0 Å². The Kier molecular flexibility index (Phi) is 9.44. The molecule has 0 bridgehead atoms. The maximum absolute atomic E-state index is 2.94. The summed E-state index contributed by atoms with van der Waals surface area (Å²) >= 11 is 1.93. The summed E-state index contributed by atoms with van der Waals surface area (Å²) in [6, 6.07) is 99.5. The Morgan fingerprint density at radius 1 is 0.271 bits per heavy atom. The first-order chi connectivity index (χ1) is 34.7. The lowest BCUT2D eigenvalue weighted by atomic mass is 9.97. The van der Waals surface area contributed by atoms with Gasteiger partial charge in [0.1, 0.15) is 0 Å². The van der Waals surface area contributed by atoms with Crippen LogP contribution >= 0.6 is 11.3 Å². The van der Waals surface area contributed by atoms with Crippen molar-refractivity contribution in [3.8, 4) is 33.6 Å². The van der Waals surface area contributed by atoms with Gasteiger partial charge in [0, 0.05) is 53.1 Å². The van der Waals surface area contributed by atoms with Gasteiger partial charge in [0.05, 0.1) is 22.1 Å². The van der Waals surface area contributed by atoms with Crippen LogP contribution < -0.4 is 20.7 Å². The van der Waals surface area contributed by atoms with Gasteiger partial charge >= 0.3 is 0 Å². The maximum atomic E-state index is 2.51. The zero-order chi connectivity index (χ0) is 46.2. The van der Waals surface area contributed by atoms with E-state index in [4.69, 9.17) is 0 Å². The first-order valence-electron chi connectivity index (χ1n) is 24.1. The van der Waals surface area contributed by atoms with Gasteiger partial charge in [-0.25, -0.2) is 0 Å². The third kappa shape index (κ3) is 6.24. The molecule has 14 aromatic rings. The van der Waals surface area contributed by atoms with Crippen LogP contribution in [-0.4, -0.2) is 17.2 Å². The zero-order valence-electron chi connectivity index (χ0n) is 38.2. The lowest BCUT2D eigenvalue weighted by Gasteiger charge is -2.35. The van der Waals surface area contributed by atoms with E-state index >= 15 is 0 Å². The molecule has 0 amide bonds. The predicted molar refractivity (Wildman–Crippen MR) is 302 cm³/mol. The molecular formula is C66H44N2SSi. The maximum Gasteiger partial charge on any atom is 0.181 e. The van der Waals surface area contributed by atoms with E-state index in [1.165, 1.54) is 107 Å². The average molecular weight is 925 g/mol. The molecule has 0 aliphatic rings. The molecule has 0 saturated heterocycles. The summed E-state index contributed by atoms with van der Waals surface area (Å²) in [7, 11) is -2.94. The van der Waals surface area contributed by atoms with Crippen molar-refractivity contribution in [1.82, 2.24) is 9.13 Å². The summed E-state index contributed by atoms with van der Waals surface area (Å²) in [5.41, 5.74) is 11.9. The Bertz CT molecular complexity index is 4220. The third-order valence-electron chi connectivity index (χ3n) is 14.6. The van der Waals surface area contributed by atoms with Crippen LogP contribution in [-0.2, 0) is 0 Å². The molecule has 2 nitrogen and oxygen atoms in total. The van der Waals surface area contributed by atoms with Gasteiger partial charge in [0.25, 0.3) is 0 Å². The van der Waals surface area contributed by atoms with Crippen LogP contribution in [0.25, 0.3) is 97.4 Å². The van der Waals surface area contributed by atoms with E-state index in [0.717, 1.165) is 11.4 Å². The van der Waals surface area contributed by atoms with Crippen LogP contribution in [0.3, 0.4) is 0 Å². The monoisotopic (exact) mass is 924 g/mol. The van der Waals surface area contributed by atoms with Gasteiger partial charge in [0.2, 0.25) is 0 Å². The summed E-state index contributed by atoms with van der Waals surface area (Å²) in [4.78, 5) is 0. The second-order valence-corrected chi connectivity index (χ2v) is 23.2. The van der Waals surface area contributed by atoms with Gasteiger partial charge in [-0.15, -0.1) is 11.3 Å². The van der Waals surface area contributed by atoms with Gasteiger partial charge in [0.15, 0.2) is 8.07 Å². The highest BCUT2D eigenvalue weighted by atomic mass is 32.1. The van der Waals surface area contributed by atoms with Crippen molar-refractivity contribution in [2.45, 2.75) is 0 Å². The molecule has 3 heterocycles. The topological polar surface area (TPSA) is 9.86 Å². The Morgan fingerprint density at radius 3 is 1.36 bits per heavy atom. The van der Waals surface area contributed by atoms with Crippen molar-refractivity contribution in [3.63, 3.8) is 0 Å². The number of rotatable bonds is 8. The molecule has 0 saturated carbocycles. The van der Waals surface area contributed by atoms with E-state index < -0.39 is 8.07 Å². The Balaban J connectivity index is 0.917. The van der Waals surface area contributed by atoms with Crippen molar-refractivity contribution in [1.29, 1.82) is 0 Å². The molecule has 0 spiro atoms. The molecular weight excluding hydrogens is 881 g/mol. The van der Waals surface area contributed by atoms with Crippen LogP contribution in [0.1, 0.15) is 0 Å². The van der Waals surface area contributed by atoms with Gasteiger partial charge < -0.3 is 9.13 Å². The number of aromatic nitrogens is 2. The second kappa shape index (κ2) is 16.3. The summed E-state index contributed by atoms with van der Waals surface area (Å²) in [5.74, 6) is 0. The molecule has 14 rings (SSSR count). The van der Waals surface area contributed by atoms with E-state index in [1.807, 2.05) is 11.3 Å². The number of benzene rings is 11. The summed E-state index contributed by atoms with van der Waals surface area (Å²) in [6.45, 7) is 0. The molecule has 0 radical (unpaired) electrons. The largest absolute Gasteiger partial charge is 0.309 e. The van der Waals surface area contributed by atoms with E-state index in [-0.39, 0.29) is 0 Å². The van der Waals surface area contributed by atoms with Gasteiger partial charge in [-0.3, -0.25) is 0 Å². The second-order valence-electron chi connectivity index (χ2n) is 18.4. The summed E-state index contributed by atoms with van der Waals surface area (Å²) in [6.07, 6.45) is 0. The zero-order valence-corrected chi connectivity index (χ0v) is 40.0. The summed E-state index contributed by atoms with van der Waals surface area (Å²) in [5, 5.41) is 13.2. The van der Waals surface area contributed by atoms with Crippen LogP contribution in [0.2, 0.25) is 0 Å². The van der Waals surface area contributed by atoms with Gasteiger partial charge in [-0.2, -0.15) is 0 Å². The first-order valence-corrected chi connectivity index (χ1v) is 26.9. The van der Waals surface area contributed by atoms with Crippen molar-refractivity contribution < 1.29 is 0 Å². The van der Waals surface area contributed by atoms with Gasteiger partial charge in [-0.1, -0.05) is 200 Å². The van der Waals surface area contributed by atoms with Crippen molar-refractivity contribution >= 4 is 104 Å². The van der Waals surface area contributed by atoms with Crippen LogP contribution in [0, 0.1) is 0 Å². The average Bonchev–Trinajstić information content (AvgIpc) is 4.10. The molecule has 0 fully saturated rings. The van der Waals surface area contributed by atoms with E-state index in [2.05, 4.69) is 276 Å². The fraction of sp³-hybridized carbons (Fsp3) is 0. The SMILES string of the molecule is c1ccc([Si](c2ccccc2)(c2cccc(-n3c4ccccc4c4cc(-c5cccc(-c6cccc(-n7c8ccccc8c8ccccc87)c6)c5)ccc43)c2)c2cccc3c2sc2ccccc23)cc1. The number of nitrogens with zero attached hydrogens (tertiary/aromatic N) is 2. The Labute approximate surface area is 411 Å². The summed E-state index contributed by atoms with van der Waals surface area (Å²) < 4.78 is 7.58. The number of hydrogen-bond donors (Lipinski definition) is 0. The van der Waals surface area contributed by atoms with Crippen molar-refractivity contribution in [3.05, 3.63) is 267 Å². The number of fused-ring (bicyclic) bond motifs is 9. The molecule has 328 valence electrons. The minimum absolute atomic E-state index is 1.16. The number of hydrogen-bond acceptors (Lipinski definition) is 1. The molecule has 4 heteroatoms. The lowest BCUT2D eigenvalue weighted by Crippen LogP contribution is -2.74. The fourth-order valence-electron chi connectivity index (χ4n) is 11.6. The van der Waals surface area contributed by atoms with Crippen LogP contribution in [0.15, 0.2) is 267 Å². The third-order valence-corrected chi connectivity index (χ3v) is 20.8. The standard InChI is InChI=1S/C66H44N2SSi/c1-3-24-51(25-4-1)70(52-26-5-2-6-27-52,65-38-18-33-58-57-32-10-14-37-64(57)69-66(58)65)53-28-17-23-50(44-53)68-62-36-13-9-31-56(62)59-43-48(39-40-63(59)68)46-20-15-19-45(41-46)47-21-16-22-49(42-47)67-60-34-11-7-29-54(60)55-30-8-12-35-61(55)67/h1-44H. The van der Waals surface area contributed by atoms with Crippen molar-refractivity contribution in [2.75, 3.05) is 0 Å². The highest BCUT2D eigenvalue weighted by Crippen LogP contribution is 2.38. The number of para-hydroxylation sites is 3. The minimum Gasteiger partial charge on any atom is -0.309 e. The highest BCUT2D eigenvalue weighted by Gasteiger charge is 2.43. The quantitative estimate of drug-likeness (QED) is 0.106. The van der Waals surface area contributed by atoms with Crippen LogP contribution in [0.5, 0.6) is 0 Å². The van der Waals surface area contributed by atoms with Crippen molar-refractivity contribution in [2.24, 2.45) is 0 Å². The molecule has 0 aliphatic heterocycles. The Morgan fingerprint density at radius 2 is 0.714 bits per heavy atom. The Hall–Kier alpha value is -8.54. The van der Waals surface area contributed by atoms with E-state index in [0.29, 0.717) is 0 Å². The highest BCUT2D eigenvalue weighted by molar-refractivity contribution is 7.30. The molecule has 0 atom stereocenters. The lowest BCUT2D eigenvalue weighted by molar-refractivity contribution is 1.18. The minimum atomic E-state index is -2.94. The molecule has 0 aliphatic carbocycles. The molecule has 70 heavy (non-hydrogen) atoms. The number of thiophene rings is 1. The first kappa shape index (κ1) is 40.5. The molecule has 0 unspecified atom stereocenters. The normalized spacial score (nSPS) is 12.0. The van der Waals surface area contributed by atoms with Gasteiger partial charge in [-0.05, 0) is 110 Å².